The van der Waals surface area contributed by atoms with Crippen LogP contribution in [0, 0.1) is 6.92 Å². The van der Waals surface area contributed by atoms with Gasteiger partial charge in [0.15, 0.2) is 0 Å². The molecule has 1 N–H and O–H groups in total. The van der Waals surface area contributed by atoms with E-state index in [0.29, 0.717) is 0 Å². The van der Waals surface area contributed by atoms with Gasteiger partial charge in [-0.15, -0.1) is 0 Å². The molecule has 1 aliphatic rings. The van der Waals surface area contributed by atoms with E-state index in [-0.39, 0.29) is 11.9 Å². The van der Waals surface area contributed by atoms with E-state index < -0.39 is 0 Å². The van der Waals surface area contributed by atoms with E-state index in [9.17, 15) is 4.79 Å². The van der Waals surface area contributed by atoms with Crippen LogP contribution >= 0.6 is 0 Å². The molecule has 0 fully saturated rings. The molecule has 0 spiro atoms. The number of hydrogen-bond acceptors (Lipinski definition) is 1. The minimum absolute atomic E-state index is 0.0152. The third-order valence-electron chi connectivity index (χ3n) is 4.54. The lowest BCUT2D eigenvalue weighted by atomic mass is 9.90. The smallest absolute Gasteiger partial charge is 0.251 e. The highest BCUT2D eigenvalue weighted by Crippen LogP contribution is 2.22. The first-order valence-electron chi connectivity index (χ1n) is 8.13. The van der Waals surface area contributed by atoms with Gasteiger partial charge in [0.1, 0.15) is 0 Å². The van der Waals surface area contributed by atoms with Gasteiger partial charge in [0.25, 0.3) is 5.91 Å². The summed E-state index contributed by atoms with van der Waals surface area (Å²) in [7, 11) is 0. The van der Waals surface area contributed by atoms with Crippen LogP contribution in [0.25, 0.3) is 0 Å². The minimum Gasteiger partial charge on any atom is -0.346 e. The molecule has 2 aromatic carbocycles. The summed E-state index contributed by atoms with van der Waals surface area (Å²) < 4.78 is 0. The van der Waals surface area contributed by atoms with Crippen molar-refractivity contribution >= 4 is 5.91 Å². The van der Waals surface area contributed by atoms with Crippen molar-refractivity contribution in [2.45, 2.75) is 45.6 Å². The van der Waals surface area contributed by atoms with Crippen molar-refractivity contribution in [3.63, 3.8) is 0 Å². The van der Waals surface area contributed by atoms with Gasteiger partial charge in [-0.1, -0.05) is 35.9 Å². The lowest BCUT2D eigenvalue weighted by Gasteiger charge is -2.18. The largest absolute Gasteiger partial charge is 0.346 e. The van der Waals surface area contributed by atoms with Crippen molar-refractivity contribution < 1.29 is 4.79 Å². The summed E-state index contributed by atoms with van der Waals surface area (Å²) in [6.45, 7) is 4.10. The maximum atomic E-state index is 12.5. The monoisotopic (exact) mass is 293 g/mol. The van der Waals surface area contributed by atoms with Crippen molar-refractivity contribution in [1.29, 1.82) is 0 Å². The van der Waals surface area contributed by atoms with Gasteiger partial charge >= 0.3 is 0 Å². The molecule has 1 atom stereocenters. The van der Waals surface area contributed by atoms with Crippen LogP contribution in [0.15, 0.2) is 42.5 Å². The van der Waals surface area contributed by atoms with Gasteiger partial charge in [-0.05, 0) is 68.4 Å². The van der Waals surface area contributed by atoms with Gasteiger partial charge in [0.2, 0.25) is 0 Å². The number of fused-ring (bicyclic) bond motifs is 1. The van der Waals surface area contributed by atoms with Crippen LogP contribution in [0.5, 0.6) is 0 Å². The second-order valence-corrected chi connectivity index (χ2v) is 6.30. The number of benzene rings is 2. The molecular weight excluding hydrogens is 270 g/mol. The van der Waals surface area contributed by atoms with Crippen LogP contribution < -0.4 is 5.32 Å². The van der Waals surface area contributed by atoms with Crippen LogP contribution in [0.4, 0.5) is 0 Å². The molecule has 1 amide bonds. The molecule has 1 unspecified atom stereocenters. The fourth-order valence-electron chi connectivity index (χ4n) is 3.09. The van der Waals surface area contributed by atoms with E-state index in [2.05, 4.69) is 48.6 Å². The zero-order chi connectivity index (χ0) is 15.5. The highest BCUT2D eigenvalue weighted by molar-refractivity contribution is 5.94. The molecule has 0 aromatic heterocycles. The molecular formula is C20H23NO. The number of hydrogen-bond donors (Lipinski definition) is 1. The molecule has 2 heteroatoms. The second-order valence-electron chi connectivity index (χ2n) is 6.30. The summed E-state index contributed by atoms with van der Waals surface area (Å²) in [5, 5.41) is 3.10. The number of carbonyl (C=O) groups is 1. The van der Waals surface area contributed by atoms with Crippen molar-refractivity contribution in [2.75, 3.05) is 0 Å². The Labute approximate surface area is 132 Å². The SMILES string of the molecule is Cc1ccc(C(C)NC(=O)c2ccc3c(c2)CCCC3)cc1. The molecule has 2 nitrogen and oxygen atoms in total. The Hall–Kier alpha value is -2.09. The zero-order valence-electron chi connectivity index (χ0n) is 13.4. The predicted octanol–water partition coefficient (Wildman–Crippen LogP) is 4.36. The molecule has 114 valence electrons. The zero-order valence-corrected chi connectivity index (χ0v) is 13.4. The lowest BCUT2D eigenvalue weighted by molar-refractivity contribution is 0.0939. The molecule has 3 rings (SSSR count). The van der Waals surface area contributed by atoms with E-state index in [0.717, 1.165) is 24.0 Å². The van der Waals surface area contributed by atoms with E-state index >= 15 is 0 Å². The van der Waals surface area contributed by atoms with Gasteiger partial charge in [0, 0.05) is 5.56 Å². The van der Waals surface area contributed by atoms with Crippen molar-refractivity contribution in [1.82, 2.24) is 5.32 Å². The molecule has 1 aliphatic carbocycles. The van der Waals surface area contributed by atoms with Gasteiger partial charge in [0.05, 0.1) is 6.04 Å². The van der Waals surface area contributed by atoms with E-state index in [4.69, 9.17) is 0 Å². The summed E-state index contributed by atoms with van der Waals surface area (Å²) in [4.78, 5) is 12.5. The standard InChI is InChI=1S/C20H23NO/c1-14-7-9-16(10-8-14)15(2)21-20(22)19-12-11-17-5-3-4-6-18(17)13-19/h7-13,15H,3-6H2,1-2H3,(H,21,22). The second kappa shape index (κ2) is 6.35. The summed E-state index contributed by atoms with van der Waals surface area (Å²) in [6.07, 6.45) is 4.75. The highest BCUT2D eigenvalue weighted by atomic mass is 16.1. The van der Waals surface area contributed by atoms with E-state index in [1.165, 1.54) is 29.5 Å². The number of aryl methyl sites for hydroxylation is 3. The fraction of sp³-hybridized carbons (Fsp3) is 0.350. The predicted molar refractivity (Wildman–Crippen MR) is 90.1 cm³/mol. The van der Waals surface area contributed by atoms with Gasteiger partial charge in [-0.25, -0.2) is 0 Å². The van der Waals surface area contributed by atoms with Crippen molar-refractivity contribution in [3.05, 3.63) is 70.3 Å². The average Bonchev–Trinajstić information content (AvgIpc) is 2.55. The van der Waals surface area contributed by atoms with Crippen LogP contribution in [-0.4, -0.2) is 5.91 Å². The summed E-state index contributed by atoms with van der Waals surface area (Å²) in [6, 6.07) is 14.5. The number of carbonyl (C=O) groups excluding carboxylic acids is 1. The molecule has 0 heterocycles. The summed E-state index contributed by atoms with van der Waals surface area (Å²) in [5.41, 5.74) is 5.91. The maximum Gasteiger partial charge on any atom is 0.251 e. The normalized spacial score (nSPS) is 15.0. The fourth-order valence-corrected chi connectivity index (χ4v) is 3.09. The van der Waals surface area contributed by atoms with E-state index in [1.54, 1.807) is 0 Å². The molecule has 2 aromatic rings. The van der Waals surface area contributed by atoms with Gasteiger partial charge in [-0.2, -0.15) is 0 Å². The first-order chi connectivity index (χ1) is 10.6. The Bertz CT molecular complexity index is 673. The third-order valence-corrected chi connectivity index (χ3v) is 4.54. The molecule has 0 bridgehead atoms. The highest BCUT2D eigenvalue weighted by Gasteiger charge is 2.15. The van der Waals surface area contributed by atoms with Crippen LogP contribution in [-0.2, 0) is 12.8 Å². The molecule has 0 saturated carbocycles. The Morgan fingerprint density at radius 2 is 1.68 bits per heavy atom. The molecule has 22 heavy (non-hydrogen) atoms. The van der Waals surface area contributed by atoms with Crippen molar-refractivity contribution in [2.24, 2.45) is 0 Å². The number of amides is 1. The van der Waals surface area contributed by atoms with Crippen LogP contribution in [0.1, 0.15) is 58.4 Å². The van der Waals surface area contributed by atoms with Gasteiger partial charge in [-0.3, -0.25) is 4.79 Å². The van der Waals surface area contributed by atoms with Crippen LogP contribution in [0.3, 0.4) is 0 Å². The topological polar surface area (TPSA) is 29.1 Å². The summed E-state index contributed by atoms with van der Waals surface area (Å²) in [5.74, 6) is 0.0152. The Morgan fingerprint density at radius 3 is 2.41 bits per heavy atom. The lowest BCUT2D eigenvalue weighted by Crippen LogP contribution is -2.26. The molecule has 0 saturated heterocycles. The molecule has 0 radical (unpaired) electrons. The van der Waals surface area contributed by atoms with E-state index in [1.807, 2.05) is 13.0 Å². The Balaban J connectivity index is 1.72. The minimum atomic E-state index is 0.0152. The Kier molecular flexibility index (Phi) is 4.28. The van der Waals surface area contributed by atoms with Crippen molar-refractivity contribution in [3.8, 4) is 0 Å². The molecule has 0 aliphatic heterocycles. The summed E-state index contributed by atoms with van der Waals surface area (Å²) >= 11 is 0. The first-order valence-corrected chi connectivity index (χ1v) is 8.13. The first kappa shape index (κ1) is 14.8. The third kappa shape index (κ3) is 3.22. The quantitative estimate of drug-likeness (QED) is 0.894. The Morgan fingerprint density at radius 1 is 1.00 bits per heavy atom. The average molecular weight is 293 g/mol. The number of rotatable bonds is 3. The van der Waals surface area contributed by atoms with Gasteiger partial charge < -0.3 is 5.32 Å². The van der Waals surface area contributed by atoms with Crippen LogP contribution in [0.2, 0.25) is 0 Å². The maximum absolute atomic E-state index is 12.5. The number of nitrogens with one attached hydrogen (secondary N) is 1.